The van der Waals surface area contributed by atoms with E-state index in [-0.39, 0.29) is 28.4 Å². The molecule has 1 N–H and O–H groups in total. The molecular weight excluding hydrogens is 313 g/mol. The Balaban J connectivity index is 2.64. The predicted octanol–water partition coefficient (Wildman–Crippen LogP) is 3.49. The number of carbonyl (C=O) groups excluding carboxylic acids is 2. The third-order valence-corrected chi connectivity index (χ3v) is 2.90. The molecule has 1 heterocycles. The molecule has 9 heteroatoms. The van der Waals surface area contributed by atoms with Crippen LogP contribution in [-0.4, -0.2) is 24.3 Å². The van der Waals surface area contributed by atoms with Crippen molar-refractivity contribution in [1.29, 1.82) is 0 Å². The highest BCUT2D eigenvalue weighted by atomic mass is 35.5. The zero-order valence-corrected chi connectivity index (χ0v) is 11.3. The predicted molar refractivity (Wildman–Crippen MR) is 69.5 cm³/mol. The topological polar surface area (TPSA) is 67.8 Å². The summed E-state index contributed by atoms with van der Waals surface area (Å²) in [6, 6.07) is 0.874. The van der Waals surface area contributed by atoms with Gasteiger partial charge in [-0.3, -0.25) is 14.6 Å². The molecule has 0 fully saturated rings. The number of alkyl halides is 3. The van der Waals surface area contributed by atoms with E-state index in [9.17, 15) is 22.8 Å². The van der Waals surface area contributed by atoms with Crippen LogP contribution in [0.25, 0.3) is 0 Å². The first-order valence-electron chi connectivity index (χ1n) is 5.64. The molecule has 1 aromatic carbocycles. The van der Waals surface area contributed by atoms with Gasteiger partial charge < -0.3 is 10.1 Å². The minimum Gasteiger partial charge on any atom is -0.403 e. The van der Waals surface area contributed by atoms with Gasteiger partial charge in [0.05, 0.1) is 10.7 Å². The summed E-state index contributed by atoms with van der Waals surface area (Å²) in [4.78, 5) is 26.7. The van der Waals surface area contributed by atoms with Gasteiger partial charge in [0.25, 0.3) is 0 Å². The quantitative estimate of drug-likeness (QED) is 0.907. The number of ether oxygens (including phenoxy) is 1. The summed E-state index contributed by atoms with van der Waals surface area (Å²) in [5.41, 5.74) is -0.464. The fourth-order valence-corrected chi connectivity index (χ4v) is 2.07. The monoisotopic (exact) mass is 320 g/mol. The van der Waals surface area contributed by atoms with Gasteiger partial charge in [-0.1, -0.05) is 11.6 Å². The van der Waals surface area contributed by atoms with Crippen molar-refractivity contribution < 1.29 is 27.5 Å². The smallest absolute Gasteiger partial charge is 0.403 e. The van der Waals surface area contributed by atoms with Gasteiger partial charge in [0.2, 0.25) is 5.91 Å². The maximum absolute atomic E-state index is 12.4. The Morgan fingerprint density at radius 2 is 2.14 bits per heavy atom. The molecule has 1 amide bonds. The average molecular weight is 321 g/mol. The molecule has 0 radical (unpaired) electrons. The molecule has 1 aliphatic rings. The molecule has 1 aromatic rings. The molecule has 5 nitrogen and oxygen atoms in total. The summed E-state index contributed by atoms with van der Waals surface area (Å²) in [6.45, 7) is 1.10. The number of halogens is 4. The van der Waals surface area contributed by atoms with Crippen LogP contribution in [0.1, 0.15) is 23.7 Å². The Hall–Kier alpha value is -2.09. The van der Waals surface area contributed by atoms with E-state index in [0.29, 0.717) is 0 Å². The number of ketones is 1. The summed E-state index contributed by atoms with van der Waals surface area (Å²) >= 11 is 5.94. The van der Waals surface area contributed by atoms with Crippen molar-refractivity contribution in [3.63, 3.8) is 0 Å². The van der Waals surface area contributed by atoms with E-state index >= 15 is 0 Å². The van der Waals surface area contributed by atoms with Crippen molar-refractivity contribution in [2.24, 2.45) is 4.99 Å². The van der Waals surface area contributed by atoms with E-state index in [0.717, 1.165) is 13.0 Å². The number of anilines is 1. The Morgan fingerprint density at radius 3 is 2.71 bits per heavy atom. The van der Waals surface area contributed by atoms with Gasteiger partial charge in [-0.2, -0.15) is 0 Å². The standard InChI is InChI=1S/C12H8ClF3N2O3/c1-5(19)18-11-8(21-12(14,15)16)4-6-7(20)2-3-17-10(6)9(11)13/h3-4H,2H2,1H3,(H,18,19). The van der Waals surface area contributed by atoms with Crippen LogP contribution < -0.4 is 10.1 Å². The summed E-state index contributed by atoms with van der Waals surface area (Å²) in [5.74, 6) is -1.84. The van der Waals surface area contributed by atoms with Crippen molar-refractivity contribution >= 4 is 40.9 Å². The van der Waals surface area contributed by atoms with Crippen LogP contribution in [-0.2, 0) is 4.79 Å². The Labute approximate surface area is 121 Å². The number of rotatable bonds is 2. The molecule has 0 unspecified atom stereocenters. The summed E-state index contributed by atoms with van der Waals surface area (Å²) in [7, 11) is 0. The average Bonchev–Trinajstić information content (AvgIpc) is 2.33. The van der Waals surface area contributed by atoms with Crippen molar-refractivity contribution in [2.45, 2.75) is 19.7 Å². The fourth-order valence-electron chi connectivity index (χ4n) is 1.78. The molecular formula is C12H8ClF3N2O3. The third-order valence-electron chi connectivity index (χ3n) is 2.53. The molecule has 1 aliphatic heterocycles. The van der Waals surface area contributed by atoms with Gasteiger partial charge in [0.1, 0.15) is 5.69 Å². The number of nitrogens with one attached hydrogen (secondary N) is 1. The molecule has 0 atom stereocenters. The lowest BCUT2D eigenvalue weighted by atomic mass is 10.0. The Bertz CT molecular complexity index is 656. The molecule has 112 valence electrons. The number of benzene rings is 1. The third kappa shape index (κ3) is 3.33. The van der Waals surface area contributed by atoms with Crippen LogP contribution in [0.3, 0.4) is 0 Å². The SMILES string of the molecule is CC(=O)Nc1c(OC(F)(F)F)cc2c(c1Cl)N=CCC2=O. The zero-order valence-electron chi connectivity index (χ0n) is 10.5. The summed E-state index contributed by atoms with van der Waals surface area (Å²) in [5, 5.41) is 1.86. The van der Waals surface area contributed by atoms with E-state index < -0.39 is 23.8 Å². The van der Waals surface area contributed by atoms with Gasteiger partial charge in [-0.15, -0.1) is 13.2 Å². The number of amides is 1. The number of Topliss-reactive ketones (excluding diaryl/α,β-unsaturated/α-hetero) is 1. The van der Waals surface area contributed by atoms with Crippen LogP contribution in [0.4, 0.5) is 24.5 Å². The lowest BCUT2D eigenvalue weighted by Gasteiger charge is -2.19. The molecule has 2 rings (SSSR count). The van der Waals surface area contributed by atoms with Crippen molar-refractivity contribution in [2.75, 3.05) is 5.32 Å². The highest BCUT2D eigenvalue weighted by Crippen LogP contribution is 2.45. The number of carbonyl (C=O) groups is 2. The fraction of sp³-hybridized carbons (Fsp3) is 0.250. The highest BCUT2D eigenvalue weighted by molar-refractivity contribution is 6.38. The van der Waals surface area contributed by atoms with Crippen LogP contribution in [0.2, 0.25) is 5.02 Å². The molecule has 21 heavy (non-hydrogen) atoms. The Morgan fingerprint density at radius 1 is 1.48 bits per heavy atom. The maximum Gasteiger partial charge on any atom is 0.573 e. The summed E-state index contributed by atoms with van der Waals surface area (Å²) < 4.78 is 41.1. The molecule has 0 spiro atoms. The van der Waals surface area contributed by atoms with Crippen molar-refractivity contribution in [1.82, 2.24) is 0 Å². The van der Waals surface area contributed by atoms with Crippen molar-refractivity contribution in [3.05, 3.63) is 16.7 Å². The van der Waals surface area contributed by atoms with Gasteiger partial charge in [-0.25, -0.2) is 0 Å². The van der Waals surface area contributed by atoms with E-state index in [2.05, 4.69) is 15.0 Å². The lowest BCUT2D eigenvalue weighted by molar-refractivity contribution is -0.274. The first kappa shape index (κ1) is 15.3. The largest absolute Gasteiger partial charge is 0.573 e. The summed E-state index contributed by atoms with van der Waals surface area (Å²) in [6.07, 6.45) is -3.75. The van der Waals surface area contributed by atoms with Crippen molar-refractivity contribution in [3.8, 4) is 5.75 Å². The van der Waals surface area contributed by atoms with Gasteiger partial charge in [-0.05, 0) is 6.07 Å². The van der Waals surface area contributed by atoms with E-state index in [1.165, 1.54) is 6.21 Å². The number of hydrogen-bond acceptors (Lipinski definition) is 4. The molecule has 0 bridgehead atoms. The van der Waals surface area contributed by atoms with Crippen LogP contribution in [0, 0.1) is 0 Å². The minimum absolute atomic E-state index is 0.00573. The van der Waals surface area contributed by atoms with Gasteiger partial charge in [0, 0.05) is 25.1 Å². The molecule has 0 aliphatic carbocycles. The number of aliphatic imine (C=N–C) groups is 1. The highest BCUT2D eigenvalue weighted by Gasteiger charge is 2.34. The second-order valence-corrected chi connectivity index (χ2v) is 4.51. The van der Waals surface area contributed by atoms with Gasteiger partial charge >= 0.3 is 6.36 Å². The number of fused-ring (bicyclic) bond motifs is 1. The second-order valence-electron chi connectivity index (χ2n) is 4.13. The first-order chi connectivity index (χ1) is 9.69. The number of nitrogens with zero attached hydrogens (tertiary/aromatic N) is 1. The molecule has 0 saturated heterocycles. The van der Waals surface area contributed by atoms with E-state index in [1.807, 2.05) is 0 Å². The maximum atomic E-state index is 12.4. The van der Waals surface area contributed by atoms with Crippen LogP contribution >= 0.6 is 11.6 Å². The van der Waals surface area contributed by atoms with Gasteiger partial charge in [0.15, 0.2) is 11.5 Å². The first-order valence-corrected chi connectivity index (χ1v) is 6.02. The van der Waals surface area contributed by atoms with Crippen LogP contribution in [0.5, 0.6) is 5.75 Å². The van der Waals surface area contributed by atoms with E-state index in [4.69, 9.17) is 11.6 Å². The normalized spacial score (nSPS) is 13.9. The Kier molecular flexibility index (Phi) is 3.91. The molecule has 0 saturated carbocycles. The molecule has 0 aromatic heterocycles. The minimum atomic E-state index is -4.99. The lowest BCUT2D eigenvalue weighted by Crippen LogP contribution is -2.20. The second kappa shape index (κ2) is 5.36. The van der Waals surface area contributed by atoms with Crippen LogP contribution in [0.15, 0.2) is 11.1 Å². The number of hydrogen-bond donors (Lipinski definition) is 1. The van der Waals surface area contributed by atoms with E-state index in [1.54, 1.807) is 0 Å². The zero-order chi connectivity index (χ0) is 15.8.